The quantitative estimate of drug-likeness (QED) is 0.772. The van der Waals surface area contributed by atoms with Crippen LogP contribution in [-0.4, -0.2) is 37.9 Å². The minimum absolute atomic E-state index is 0.246. The summed E-state index contributed by atoms with van der Waals surface area (Å²) in [4.78, 5) is 21.8. The Labute approximate surface area is 96.7 Å². The van der Waals surface area contributed by atoms with Crippen LogP contribution in [0.4, 0.5) is 18.0 Å². The minimum Gasteiger partial charge on any atom is -0.440 e. The predicted molar refractivity (Wildman–Crippen MR) is 53.3 cm³/mol. The summed E-state index contributed by atoms with van der Waals surface area (Å²) in [6, 6.07) is 0. The first-order chi connectivity index (χ1) is 7.70. The van der Waals surface area contributed by atoms with Crippen molar-refractivity contribution < 1.29 is 27.5 Å². The Bertz CT molecular complexity index is 267. The number of carbonyl (C=O) groups is 2. The maximum atomic E-state index is 11.6. The summed E-state index contributed by atoms with van der Waals surface area (Å²) >= 11 is 0. The minimum atomic E-state index is -4.57. The molecule has 5 nitrogen and oxygen atoms in total. The van der Waals surface area contributed by atoms with E-state index < -0.39 is 31.3 Å². The van der Waals surface area contributed by atoms with Gasteiger partial charge in [-0.25, -0.2) is 4.79 Å². The SMILES string of the molecule is CC(C)CNC(=O)CNC(=O)OCC(F)(F)F. The number of hydrogen-bond donors (Lipinski definition) is 2. The van der Waals surface area contributed by atoms with Gasteiger partial charge < -0.3 is 15.4 Å². The standard InChI is InChI=1S/C9H15F3N2O3/c1-6(2)3-13-7(15)4-14-8(16)17-5-9(10,11)12/h6H,3-5H2,1-2H3,(H,13,15)(H,14,16). The van der Waals surface area contributed by atoms with E-state index in [2.05, 4.69) is 10.1 Å². The molecular weight excluding hydrogens is 241 g/mol. The van der Waals surface area contributed by atoms with Crippen LogP contribution in [0.2, 0.25) is 0 Å². The van der Waals surface area contributed by atoms with E-state index >= 15 is 0 Å². The second-order valence-corrected chi connectivity index (χ2v) is 3.74. The number of ether oxygens (including phenoxy) is 1. The van der Waals surface area contributed by atoms with Crippen molar-refractivity contribution in [3.63, 3.8) is 0 Å². The van der Waals surface area contributed by atoms with Crippen molar-refractivity contribution in [2.75, 3.05) is 19.7 Å². The molecule has 0 aliphatic carbocycles. The molecule has 0 aliphatic heterocycles. The third-order valence-electron chi connectivity index (χ3n) is 1.47. The smallest absolute Gasteiger partial charge is 0.422 e. The molecule has 2 amide bonds. The monoisotopic (exact) mass is 256 g/mol. The van der Waals surface area contributed by atoms with E-state index in [1.54, 1.807) is 0 Å². The number of alkyl halides is 3. The Hall–Kier alpha value is -1.47. The van der Waals surface area contributed by atoms with Crippen molar-refractivity contribution in [1.29, 1.82) is 0 Å². The predicted octanol–water partition coefficient (Wildman–Crippen LogP) is 1.05. The summed E-state index contributed by atoms with van der Waals surface area (Å²) in [5, 5.41) is 4.38. The van der Waals surface area contributed by atoms with Crippen LogP contribution in [0.3, 0.4) is 0 Å². The number of halogens is 3. The van der Waals surface area contributed by atoms with Gasteiger partial charge in [-0.2, -0.15) is 13.2 Å². The molecule has 100 valence electrons. The number of nitrogens with one attached hydrogen (secondary N) is 2. The van der Waals surface area contributed by atoms with Crippen molar-refractivity contribution >= 4 is 12.0 Å². The molecule has 0 atom stereocenters. The molecule has 0 aromatic carbocycles. The lowest BCUT2D eigenvalue weighted by Crippen LogP contribution is -2.39. The van der Waals surface area contributed by atoms with E-state index in [0.29, 0.717) is 6.54 Å². The topological polar surface area (TPSA) is 67.4 Å². The van der Waals surface area contributed by atoms with Crippen LogP contribution < -0.4 is 10.6 Å². The van der Waals surface area contributed by atoms with Crippen LogP contribution in [0.5, 0.6) is 0 Å². The number of rotatable bonds is 5. The third-order valence-corrected chi connectivity index (χ3v) is 1.47. The highest BCUT2D eigenvalue weighted by molar-refractivity contribution is 5.82. The molecule has 2 N–H and O–H groups in total. The Morgan fingerprint density at radius 2 is 1.82 bits per heavy atom. The van der Waals surface area contributed by atoms with E-state index in [0.717, 1.165) is 0 Å². The fraction of sp³-hybridized carbons (Fsp3) is 0.778. The number of amides is 2. The van der Waals surface area contributed by atoms with Crippen LogP contribution >= 0.6 is 0 Å². The van der Waals surface area contributed by atoms with E-state index in [1.807, 2.05) is 19.2 Å². The van der Waals surface area contributed by atoms with E-state index in [9.17, 15) is 22.8 Å². The Balaban J connectivity index is 3.66. The Morgan fingerprint density at radius 1 is 1.24 bits per heavy atom. The fourth-order valence-corrected chi connectivity index (χ4v) is 0.731. The van der Waals surface area contributed by atoms with Gasteiger partial charge in [-0.3, -0.25) is 4.79 Å². The first kappa shape index (κ1) is 15.5. The zero-order chi connectivity index (χ0) is 13.5. The van der Waals surface area contributed by atoms with Gasteiger partial charge in [0.2, 0.25) is 5.91 Å². The molecule has 0 saturated carbocycles. The van der Waals surface area contributed by atoms with Crippen LogP contribution in [-0.2, 0) is 9.53 Å². The highest BCUT2D eigenvalue weighted by Crippen LogP contribution is 2.14. The first-order valence-corrected chi connectivity index (χ1v) is 4.95. The fourth-order valence-electron chi connectivity index (χ4n) is 0.731. The molecule has 8 heteroatoms. The zero-order valence-corrected chi connectivity index (χ0v) is 9.56. The summed E-state index contributed by atoms with van der Waals surface area (Å²) in [5.74, 6) is -0.237. The Kier molecular flexibility index (Phi) is 6.37. The summed E-state index contributed by atoms with van der Waals surface area (Å²) in [7, 11) is 0. The summed E-state index contributed by atoms with van der Waals surface area (Å²) in [5.41, 5.74) is 0. The lowest BCUT2D eigenvalue weighted by molar-refractivity contribution is -0.160. The van der Waals surface area contributed by atoms with E-state index in [1.165, 1.54) is 0 Å². The lowest BCUT2D eigenvalue weighted by atomic mass is 10.2. The van der Waals surface area contributed by atoms with Crippen molar-refractivity contribution in [3.05, 3.63) is 0 Å². The number of hydrogen-bond acceptors (Lipinski definition) is 3. The first-order valence-electron chi connectivity index (χ1n) is 4.95. The van der Waals surface area contributed by atoms with E-state index in [-0.39, 0.29) is 5.92 Å². The third kappa shape index (κ3) is 10.8. The van der Waals surface area contributed by atoms with Gasteiger partial charge >= 0.3 is 12.3 Å². The average Bonchev–Trinajstić information content (AvgIpc) is 2.19. The van der Waals surface area contributed by atoms with Crippen LogP contribution in [0.15, 0.2) is 0 Å². The van der Waals surface area contributed by atoms with Crippen molar-refractivity contribution in [2.45, 2.75) is 20.0 Å². The molecule has 0 rings (SSSR count). The molecule has 0 bridgehead atoms. The van der Waals surface area contributed by atoms with Crippen LogP contribution in [0, 0.1) is 5.92 Å². The van der Waals surface area contributed by atoms with Gasteiger partial charge in [-0.1, -0.05) is 13.8 Å². The lowest BCUT2D eigenvalue weighted by Gasteiger charge is -2.10. The van der Waals surface area contributed by atoms with Gasteiger partial charge in [-0.05, 0) is 5.92 Å². The normalized spacial score (nSPS) is 11.2. The maximum Gasteiger partial charge on any atom is 0.422 e. The van der Waals surface area contributed by atoms with Gasteiger partial charge in [0.05, 0.1) is 6.54 Å². The molecule has 0 fully saturated rings. The second kappa shape index (κ2) is 6.97. The molecule has 0 aromatic heterocycles. The second-order valence-electron chi connectivity index (χ2n) is 3.74. The summed E-state index contributed by atoms with van der Waals surface area (Å²) in [6.45, 7) is 2.10. The highest BCUT2D eigenvalue weighted by atomic mass is 19.4. The largest absolute Gasteiger partial charge is 0.440 e. The molecular formula is C9H15F3N2O3. The average molecular weight is 256 g/mol. The Morgan fingerprint density at radius 3 is 2.29 bits per heavy atom. The van der Waals surface area contributed by atoms with Crippen LogP contribution in [0.25, 0.3) is 0 Å². The molecule has 0 heterocycles. The number of alkyl carbamates (subject to hydrolysis) is 1. The van der Waals surface area contributed by atoms with Gasteiger partial charge in [0, 0.05) is 6.54 Å². The number of carbonyl (C=O) groups excluding carboxylic acids is 2. The molecule has 0 spiro atoms. The van der Waals surface area contributed by atoms with Crippen LogP contribution in [0.1, 0.15) is 13.8 Å². The van der Waals surface area contributed by atoms with Crippen molar-refractivity contribution in [1.82, 2.24) is 10.6 Å². The zero-order valence-electron chi connectivity index (χ0n) is 9.56. The molecule has 0 saturated heterocycles. The molecule has 0 aromatic rings. The highest BCUT2D eigenvalue weighted by Gasteiger charge is 2.29. The maximum absolute atomic E-state index is 11.6. The molecule has 0 aliphatic rings. The molecule has 0 radical (unpaired) electrons. The van der Waals surface area contributed by atoms with Gasteiger partial charge in [0.1, 0.15) is 0 Å². The van der Waals surface area contributed by atoms with E-state index in [4.69, 9.17) is 0 Å². The summed E-state index contributed by atoms with van der Waals surface area (Å²) in [6.07, 6.45) is -5.85. The van der Waals surface area contributed by atoms with Gasteiger partial charge in [0.25, 0.3) is 0 Å². The van der Waals surface area contributed by atoms with Gasteiger partial charge in [-0.15, -0.1) is 0 Å². The summed E-state index contributed by atoms with van der Waals surface area (Å²) < 4.78 is 38.7. The molecule has 0 unspecified atom stereocenters. The van der Waals surface area contributed by atoms with Crippen molar-refractivity contribution in [3.8, 4) is 0 Å². The molecule has 17 heavy (non-hydrogen) atoms. The van der Waals surface area contributed by atoms with Crippen molar-refractivity contribution in [2.24, 2.45) is 5.92 Å². The van der Waals surface area contributed by atoms with Gasteiger partial charge in [0.15, 0.2) is 6.61 Å².